The average molecular weight is 440 g/mol. The van der Waals surface area contributed by atoms with Crippen molar-refractivity contribution >= 4 is 29.3 Å². The van der Waals surface area contributed by atoms with Gasteiger partial charge in [-0.25, -0.2) is 0 Å². The van der Waals surface area contributed by atoms with Gasteiger partial charge < -0.3 is 9.80 Å². The molecule has 2 amide bonds. The van der Waals surface area contributed by atoms with Gasteiger partial charge in [0.05, 0.1) is 0 Å². The van der Waals surface area contributed by atoms with Crippen LogP contribution in [0.25, 0.3) is 0 Å². The van der Waals surface area contributed by atoms with Crippen molar-refractivity contribution in [3.05, 3.63) is 40.9 Å². The number of likely N-dealkylation sites (N-methyl/N-ethyl adjacent to an activating group) is 1. The van der Waals surface area contributed by atoms with Crippen molar-refractivity contribution in [2.75, 3.05) is 57.8 Å². The molecule has 1 unspecified atom stereocenters. The van der Waals surface area contributed by atoms with Crippen LogP contribution in [0.3, 0.4) is 0 Å². The van der Waals surface area contributed by atoms with Gasteiger partial charge in [-0.05, 0) is 38.4 Å². The highest BCUT2D eigenvalue weighted by Crippen LogP contribution is 2.41. The van der Waals surface area contributed by atoms with E-state index in [1.54, 1.807) is 9.80 Å². The van der Waals surface area contributed by atoms with E-state index >= 15 is 0 Å². The molecule has 164 valence electrons. The first-order valence-electron chi connectivity index (χ1n) is 11.0. The van der Waals surface area contributed by atoms with E-state index in [0.29, 0.717) is 30.4 Å². The number of hydrogen-bond acceptors (Lipinski definition) is 6. The number of carbonyl (C=O) groups is 2. The summed E-state index contributed by atoms with van der Waals surface area (Å²) in [5.41, 5.74) is 0.792. The molecule has 1 atom stereocenters. The second-order valence-electron chi connectivity index (χ2n) is 8.36. The van der Waals surface area contributed by atoms with Crippen LogP contribution >= 0.6 is 11.8 Å². The summed E-state index contributed by atoms with van der Waals surface area (Å²) >= 11 is 1.37. The zero-order valence-corrected chi connectivity index (χ0v) is 18.8. The molecule has 3 fully saturated rings. The lowest BCUT2D eigenvalue weighted by molar-refractivity contribution is -0.127. The van der Waals surface area contributed by atoms with Gasteiger partial charge in [0, 0.05) is 51.5 Å². The smallest absolute Gasteiger partial charge is 0.267 e. The van der Waals surface area contributed by atoms with Crippen molar-refractivity contribution in [3.63, 3.8) is 0 Å². The van der Waals surface area contributed by atoms with E-state index in [2.05, 4.69) is 22.9 Å². The number of carbonyl (C=O) groups excluding carboxylic acids is 2. The van der Waals surface area contributed by atoms with Crippen molar-refractivity contribution in [1.29, 1.82) is 5.26 Å². The number of benzene rings is 1. The van der Waals surface area contributed by atoms with Crippen LogP contribution in [0.1, 0.15) is 19.3 Å². The maximum atomic E-state index is 13.5. The van der Waals surface area contributed by atoms with E-state index in [9.17, 15) is 14.9 Å². The number of hydrogen-bond donors (Lipinski definition) is 0. The fourth-order valence-corrected chi connectivity index (χ4v) is 5.61. The fourth-order valence-electron chi connectivity index (χ4n) is 4.30. The minimum Gasteiger partial charge on any atom is -0.338 e. The maximum absolute atomic E-state index is 13.5. The number of piperazine rings is 1. The van der Waals surface area contributed by atoms with E-state index in [0.717, 1.165) is 45.4 Å². The number of likely N-dealkylation sites (tertiary alicyclic amines) is 1. The van der Waals surface area contributed by atoms with Crippen LogP contribution in [0.2, 0.25) is 0 Å². The van der Waals surface area contributed by atoms with Gasteiger partial charge >= 0.3 is 0 Å². The molecule has 3 heterocycles. The Labute approximate surface area is 188 Å². The van der Waals surface area contributed by atoms with Crippen LogP contribution in [0, 0.1) is 11.3 Å². The standard InChI is InChI=1S/C23H29N5O2S/c1-25-12-14-26(15-13-25)17-20-22(30)28(18-8-4-2-5-9-18)23(31-20)19(16-24)21(29)27-10-6-3-7-11-27/h2,4-5,8-9,20H,3,6-7,10-15,17H2,1H3/b23-19-. The third kappa shape index (κ3) is 4.79. The minimum atomic E-state index is -0.323. The van der Waals surface area contributed by atoms with Crippen molar-refractivity contribution in [2.45, 2.75) is 24.5 Å². The molecular weight excluding hydrogens is 410 g/mol. The van der Waals surface area contributed by atoms with Crippen LogP contribution in [0.15, 0.2) is 40.9 Å². The van der Waals surface area contributed by atoms with Crippen LogP contribution in [0.5, 0.6) is 0 Å². The molecule has 1 aromatic carbocycles. The molecule has 0 bridgehead atoms. The summed E-state index contributed by atoms with van der Waals surface area (Å²) in [6.45, 7) is 5.77. The van der Waals surface area contributed by atoms with Crippen molar-refractivity contribution in [3.8, 4) is 6.07 Å². The summed E-state index contributed by atoms with van der Waals surface area (Å²) in [7, 11) is 2.11. The average Bonchev–Trinajstić information content (AvgIpc) is 3.12. The Kier molecular flexibility index (Phi) is 6.96. The zero-order valence-electron chi connectivity index (χ0n) is 18.0. The first-order chi connectivity index (χ1) is 15.1. The van der Waals surface area contributed by atoms with Gasteiger partial charge in [0.25, 0.3) is 5.91 Å². The summed E-state index contributed by atoms with van der Waals surface area (Å²) in [6.07, 6.45) is 3.03. The monoisotopic (exact) mass is 439 g/mol. The molecule has 3 saturated heterocycles. The van der Waals surface area contributed by atoms with Crippen LogP contribution in [-0.4, -0.2) is 84.6 Å². The Hall–Kier alpha value is -2.34. The van der Waals surface area contributed by atoms with E-state index in [1.165, 1.54) is 11.8 Å². The van der Waals surface area contributed by atoms with Gasteiger partial charge in [0.1, 0.15) is 21.9 Å². The summed E-state index contributed by atoms with van der Waals surface area (Å²) in [4.78, 5) is 34.6. The lowest BCUT2D eigenvalue weighted by atomic mass is 10.1. The second kappa shape index (κ2) is 9.86. The summed E-state index contributed by atoms with van der Waals surface area (Å²) < 4.78 is 0. The number of anilines is 1. The first kappa shape index (κ1) is 21.9. The fraction of sp³-hybridized carbons (Fsp3) is 0.522. The number of piperidine rings is 1. The topological polar surface area (TPSA) is 70.9 Å². The van der Waals surface area contributed by atoms with Gasteiger partial charge in [-0.2, -0.15) is 5.26 Å². The van der Waals surface area contributed by atoms with E-state index in [1.807, 2.05) is 30.3 Å². The number of amides is 2. The molecule has 0 aliphatic carbocycles. The number of nitriles is 1. The lowest BCUT2D eigenvalue weighted by Crippen LogP contribution is -2.47. The van der Waals surface area contributed by atoms with Gasteiger partial charge in [0.2, 0.25) is 5.91 Å². The van der Waals surface area contributed by atoms with Crippen LogP contribution < -0.4 is 4.90 Å². The maximum Gasteiger partial charge on any atom is 0.267 e. The summed E-state index contributed by atoms with van der Waals surface area (Å²) in [6, 6.07) is 11.5. The van der Waals surface area contributed by atoms with Crippen LogP contribution in [0.4, 0.5) is 5.69 Å². The minimum absolute atomic E-state index is 0.0516. The quantitative estimate of drug-likeness (QED) is 0.529. The molecule has 3 aliphatic rings. The molecule has 0 spiro atoms. The molecule has 0 saturated carbocycles. The van der Waals surface area contributed by atoms with Gasteiger partial charge in [0.15, 0.2) is 0 Å². The van der Waals surface area contributed by atoms with Crippen LogP contribution in [-0.2, 0) is 9.59 Å². The summed E-state index contributed by atoms with van der Waals surface area (Å²) in [5.74, 6) is -0.303. The van der Waals surface area contributed by atoms with Gasteiger partial charge in [-0.3, -0.25) is 19.4 Å². The number of thioether (sulfide) groups is 1. The molecule has 1 aromatic rings. The molecule has 0 aromatic heterocycles. The molecule has 0 N–H and O–H groups in total. The Balaban J connectivity index is 1.64. The van der Waals surface area contributed by atoms with E-state index in [4.69, 9.17) is 0 Å². The molecular formula is C23H29N5O2S. The second-order valence-corrected chi connectivity index (χ2v) is 9.56. The third-order valence-corrected chi connectivity index (χ3v) is 7.42. The van der Waals surface area contributed by atoms with Crippen molar-refractivity contribution in [2.24, 2.45) is 0 Å². The SMILES string of the molecule is CN1CCN(CC2S/C(=C(/C#N)C(=O)N3CCCCC3)N(c3ccccc3)C2=O)CC1. The Morgan fingerprint density at radius 3 is 2.39 bits per heavy atom. The molecule has 31 heavy (non-hydrogen) atoms. The first-order valence-corrected chi connectivity index (χ1v) is 11.9. The lowest BCUT2D eigenvalue weighted by Gasteiger charge is -2.33. The largest absolute Gasteiger partial charge is 0.338 e. The number of nitrogens with zero attached hydrogens (tertiary/aromatic N) is 5. The Morgan fingerprint density at radius 2 is 1.74 bits per heavy atom. The van der Waals surface area contributed by atoms with E-state index in [-0.39, 0.29) is 22.6 Å². The number of rotatable bonds is 4. The Bertz CT molecular complexity index is 883. The highest BCUT2D eigenvalue weighted by molar-refractivity contribution is 8.05. The normalized spacial score (nSPS) is 24.9. The predicted octanol–water partition coefficient (Wildman–Crippen LogP) is 2.13. The molecule has 0 radical (unpaired) electrons. The van der Waals surface area contributed by atoms with Gasteiger partial charge in [-0.1, -0.05) is 30.0 Å². The molecule has 8 heteroatoms. The Morgan fingerprint density at radius 1 is 1.06 bits per heavy atom. The third-order valence-electron chi connectivity index (χ3n) is 6.17. The predicted molar refractivity (Wildman–Crippen MR) is 122 cm³/mol. The number of para-hydroxylation sites is 1. The molecule has 7 nitrogen and oxygen atoms in total. The van der Waals surface area contributed by atoms with Gasteiger partial charge in [-0.15, -0.1) is 0 Å². The van der Waals surface area contributed by atoms with E-state index < -0.39 is 0 Å². The highest BCUT2D eigenvalue weighted by Gasteiger charge is 2.42. The van der Waals surface area contributed by atoms with Crippen molar-refractivity contribution in [1.82, 2.24) is 14.7 Å². The molecule has 3 aliphatic heterocycles. The zero-order chi connectivity index (χ0) is 21.8. The van der Waals surface area contributed by atoms with Crippen molar-refractivity contribution < 1.29 is 9.59 Å². The summed E-state index contributed by atoms with van der Waals surface area (Å²) in [5, 5.41) is 10.1. The molecule has 4 rings (SSSR count). The highest BCUT2D eigenvalue weighted by atomic mass is 32.2.